The zero-order valence-electron chi connectivity index (χ0n) is 31.2. The summed E-state index contributed by atoms with van der Waals surface area (Å²) in [4.78, 5) is 40.4. The number of fused-ring (bicyclic) bond motifs is 1. The van der Waals surface area contributed by atoms with Crippen molar-refractivity contribution < 1.29 is 35.9 Å². The number of piperidine rings is 1. The minimum Gasteiger partial charge on any atom is -0.459 e. The number of pyridine rings is 1. The van der Waals surface area contributed by atoms with Gasteiger partial charge in [-0.25, -0.2) is 18.2 Å². The van der Waals surface area contributed by atoms with Gasteiger partial charge < -0.3 is 14.6 Å². The van der Waals surface area contributed by atoms with Crippen LogP contribution in [0.15, 0.2) is 54.9 Å². The number of alkyl halides is 1. The lowest BCUT2D eigenvalue weighted by Gasteiger charge is -2.43. The highest BCUT2D eigenvalue weighted by atomic mass is 32.2. The van der Waals surface area contributed by atoms with E-state index in [-0.39, 0.29) is 31.0 Å². The van der Waals surface area contributed by atoms with Crippen LogP contribution in [0.5, 0.6) is 0 Å². The molecule has 3 saturated heterocycles. The van der Waals surface area contributed by atoms with E-state index in [4.69, 9.17) is 4.74 Å². The first kappa shape index (κ1) is 38.8. The third-order valence-electron chi connectivity index (χ3n) is 10.5. The SMILES string of the molecule is CC(C)(C)OC(=O)CN1CCC(N2CCN(c3ccc(-c4cnc5[nH]cc(C(=O)c6c(F)ccc(NS(=O)(=O)N7CC[C@@H](F)C7)c6F)c5c4)cc3)CC2)CC1. The number of nitrogens with one attached hydrogen (secondary N) is 2. The Labute approximate surface area is 318 Å². The minimum absolute atomic E-state index is 0.0108. The maximum atomic E-state index is 15.7. The largest absolute Gasteiger partial charge is 0.459 e. The molecule has 0 radical (unpaired) electrons. The van der Waals surface area contributed by atoms with Crippen molar-refractivity contribution in [3.63, 3.8) is 0 Å². The number of H-pyrrole nitrogens is 1. The second-order valence-electron chi connectivity index (χ2n) is 15.5. The molecule has 0 saturated carbocycles. The summed E-state index contributed by atoms with van der Waals surface area (Å²) in [6.07, 6.45) is 3.68. The van der Waals surface area contributed by atoms with E-state index < -0.39 is 50.7 Å². The van der Waals surface area contributed by atoms with Crippen LogP contribution in [0.2, 0.25) is 0 Å². The third-order valence-corrected chi connectivity index (χ3v) is 12.0. The number of aromatic nitrogens is 2. The second-order valence-corrected chi connectivity index (χ2v) is 17.1. The number of piperazine rings is 1. The number of rotatable bonds is 10. The van der Waals surface area contributed by atoms with Crippen molar-refractivity contribution in [3.05, 3.63) is 77.6 Å². The molecule has 3 aliphatic rings. The molecule has 0 unspecified atom stereocenters. The van der Waals surface area contributed by atoms with E-state index in [9.17, 15) is 22.4 Å². The van der Waals surface area contributed by atoms with Gasteiger partial charge in [-0.15, -0.1) is 0 Å². The zero-order valence-corrected chi connectivity index (χ0v) is 32.0. The van der Waals surface area contributed by atoms with Crippen molar-refractivity contribution in [2.75, 3.05) is 68.5 Å². The smallest absolute Gasteiger partial charge is 0.320 e. The molecule has 1 atom stereocenters. The van der Waals surface area contributed by atoms with E-state index in [1.807, 2.05) is 49.8 Å². The summed E-state index contributed by atoms with van der Waals surface area (Å²) in [7, 11) is -4.34. The molecule has 2 N–H and O–H groups in total. The molecule has 0 bridgehead atoms. The number of esters is 1. The molecule has 0 amide bonds. The summed E-state index contributed by atoms with van der Waals surface area (Å²) in [6, 6.07) is 11.9. The number of hydrogen-bond donors (Lipinski definition) is 2. The first-order chi connectivity index (χ1) is 26.1. The average molecular weight is 782 g/mol. The number of ketones is 1. The van der Waals surface area contributed by atoms with E-state index in [1.165, 1.54) is 6.20 Å². The van der Waals surface area contributed by atoms with Gasteiger partial charge in [0.25, 0.3) is 0 Å². The molecular weight excluding hydrogens is 736 g/mol. The number of likely N-dealkylation sites (tertiary alicyclic amines) is 1. The number of halogens is 3. The van der Waals surface area contributed by atoms with E-state index in [0.717, 1.165) is 79.8 Å². The van der Waals surface area contributed by atoms with Crippen molar-refractivity contribution in [1.82, 2.24) is 24.1 Å². The molecule has 2 aromatic heterocycles. The summed E-state index contributed by atoms with van der Waals surface area (Å²) >= 11 is 0. The molecule has 12 nitrogen and oxygen atoms in total. The molecule has 3 fully saturated rings. The molecular formula is C39H46F3N7O5S. The van der Waals surface area contributed by atoms with E-state index in [2.05, 4.69) is 24.7 Å². The van der Waals surface area contributed by atoms with E-state index >= 15 is 8.78 Å². The summed E-state index contributed by atoms with van der Waals surface area (Å²) < 4.78 is 78.3. The summed E-state index contributed by atoms with van der Waals surface area (Å²) in [5, 5.41) is 0.342. The van der Waals surface area contributed by atoms with Crippen molar-refractivity contribution >= 4 is 44.4 Å². The number of aromatic amines is 1. The molecule has 0 aliphatic carbocycles. The minimum atomic E-state index is -4.34. The maximum Gasteiger partial charge on any atom is 0.320 e. The highest BCUT2D eigenvalue weighted by Gasteiger charge is 2.34. The zero-order chi connectivity index (χ0) is 39.1. The molecule has 5 heterocycles. The van der Waals surface area contributed by atoms with E-state index in [1.54, 1.807) is 12.3 Å². The van der Waals surface area contributed by atoms with Gasteiger partial charge in [0.1, 0.15) is 23.2 Å². The van der Waals surface area contributed by atoms with Crippen LogP contribution in [0.4, 0.5) is 24.5 Å². The monoisotopic (exact) mass is 781 g/mol. The lowest BCUT2D eigenvalue weighted by molar-refractivity contribution is -0.156. The summed E-state index contributed by atoms with van der Waals surface area (Å²) in [6.45, 7) is 10.9. The Morgan fingerprint density at radius 1 is 0.945 bits per heavy atom. The Bertz CT molecular complexity index is 2160. The van der Waals surface area contributed by atoms with Crippen LogP contribution in [-0.2, 0) is 19.7 Å². The van der Waals surface area contributed by atoms with Gasteiger partial charge in [0, 0.05) is 93.0 Å². The summed E-state index contributed by atoms with van der Waals surface area (Å²) in [5.74, 6) is -3.71. The number of benzene rings is 2. The lowest BCUT2D eigenvalue weighted by atomic mass is 9.99. The Morgan fingerprint density at radius 3 is 2.31 bits per heavy atom. The summed E-state index contributed by atoms with van der Waals surface area (Å²) in [5.41, 5.74) is 0.876. The number of carbonyl (C=O) groups excluding carboxylic acids is 2. The van der Waals surface area contributed by atoms with Crippen LogP contribution < -0.4 is 9.62 Å². The van der Waals surface area contributed by atoms with Crippen molar-refractivity contribution in [2.45, 2.75) is 57.8 Å². The third kappa shape index (κ3) is 8.67. The van der Waals surface area contributed by atoms with Crippen LogP contribution >= 0.6 is 0 Å². The van der Waals surface area contributed by atoms with Gasteiger partial charge in [0.05, 0.1) is 17.8 Å². The van der Waals surface area contributed by atoms with Crippen molar-refractivity contribution in [1.29, 1.82) is 0 Å². The van der Waals surface area contributed by atoms with Crippen LogP contribution in [0.25, 0.3) is 22.2 Å². The molecule has 0 spiro atoms. The van der Waals surface area contributed by atoms with Crippen LogP contribution in [-0.4, -0.2) is 121 Å². The highest BCUT2D eigenvalue weighted by Crippen LogP contribution is 2.31. The number of anilines is 2. The van der Waals surface area contributed by atoms with Gasteiger partial charge >= 0.3 is 16.2 Å². The topological polar surface area (TPSA) is 131 Å². The molecule has 294 valence electrons. The second kappa shape index (κ2) is 15.6. The van der Waals surface area contributed by atoms with Gasteiger partial charge in [-0.05, 0) is 75.9 Å². The average Bonchev–Trinajstić information content (AvgIpc) is 3.79. The normalized spacial score (nSPS) is 19.6. The van der Waals surface area contributed by atoms with Crippen LogP contribution in [0.1, 0.15) is 56.0 Å². The van der Waals surface area contributed by atoms with Crippen molar-refractivity contribution in [2.24, 2.45) is 0 Å². The number of hydrogen-bond acceptors (Lipinski definition) is 9. The highest BCUT2D eigenvalue weighted by molar-refractivity contribution is 7.90. The quantitative estimate of drug-likeness (QED) is 0.161. The first-order valence-corrected chi connectivity index (χ1v) is 20.0. The Hall–Kier alpha value is -4.51. The number of ether oxygens (including phenoxy) is 1. The Kier molecular flexibility index (Phi) is 11.0. The molecule has 4 aromatic rings. The predicted molar refractivity (Wildman–Crippen MR) is 204 cm³/mol. The molecule has 7 rings (SSSR count). The maximum absolute atomic E-state index is 15.7. The molecule has 55 heavy (non-hydrogen) atoms. The van der Waals surface area contributed by atoms with Gasteiger partial charge in [0.15, 0.2) is 5.82 Å². The fraction of sp³-hybridized carbons (Fsp3) is 0.462. The van der Waals surface area contributed by atoms with Gasteiger partial charge in [-0.1, -0.05) is 12.1 Å². The molecule has 3 aliphatic heterocycles. The molecule has 16 heteroatoms. The van der Waals surface area contributed by atoms with Crippen LogP contribution in [0, 0.1) is 11.6 Å². The van der Waals surface area contributed by atoms with Crippen LogP contribution in [0.3, 0.4) is 0 Å². The number of nitrogens with zero attached hydrogens (tertiary/aromatic N) is 5. The Balaban J connectivity index is 0.988. The fourth-order valence-corrected chi connectivity index (χ4v) is 8.91. The van der Waals surface area contributed by atoms with Gasteiger partial charge in [0.2, 0.25) is 5.78 Å². The standard InChI is InChI=1S/C39H46F3N7O5S/c1-39(2,3)54-34(50)24-46-13-11-29(12-14-46)48-18-16-47(17-19-48)28-6-4-25(5-7-28)26-20-30-31(22-44-38(30)43-21-26)37(51)35-32(41)8-9-33(36(35)42)45-55(52,53)49-15-10-27(40)23-49/h4-9,20-22,27,29,45H,10-19,23-24H2,1-3H3,(H,43,44)/t27-/m1/s1. The predicted octanol–water partition coefficient (Wildman–Crippen LogP) is 5.37. The number of carbonyl (C=O) groups is 2. The Morgan fingerprint density at radius 2 is 1.65 bits per heavy atom. The van der Waals surface area contributed by atoms with E-state index in [0.29, 0.717) is 29.2 Å². The van der Waals surface area contributed by atoms with Crippen molar-refractivity contribution in [3.8, 4) is 11.1 Å². The molecule has 2 aromatic carbocycles. The van der Waals surface area contributed by atoms with Gasteiger partial charge in [-0.3, -0.25) is 24.1 Å². The van der Waals surface area contributed by atoms with Gasteiger partial charge in [-0.2, -0.15) is 12.7 Å². The lowest BCUT2D eigenvalue weighted by Crippen LogP contribution is -2.53. The first-order valence-electron chi connectivity index (χ1n) is 18.6. The fourth-order valence-electron chi connectivity index (χ4n) is 7.64.